The zero-order valence-corrected chi connectivity index (χ0v) is 47.3. The lowest BCUT2D eigenvalue weighted by molar-refractivity contribution is 0.805. The van der Waals surface area contributed by atoms with E-state index in [1.165, 1.54) is 5.57 Å². The minimum atomic E-state index is -0.966. The Hall–Kier alpha value is -11.4. The van der Waals surface area contributed by atoms with Crippen molar-refractivity contribution in [1.82, 2.24) is 18.3 Å². The summed E-state index contributed by atoms with van der Waals surface area (Å²) in [6.45, 7) is 17.0. The van der Waals surface area contributed by atoms with Crippen LogP contribution >= 0.6 is 0 Å². The van der Waals surface area contributed by atoms with Crippen molar-refractivity contribution in [2.75, 3.05) is 0 Å². The van der Waals surface area contributed by atoms with Crippen molar-refractivity contribution < 1.29 is 0 Å². The van der Waals surface area contributed by atoms with E-state index in [9.17, 15) is 10.5 Å². The van der Waals surface area contributed by atoms with Gasteiger partial charge in [0.2, 0.25) is 0 Å². The van der Waals surface area contributed by atoms with Gasteiger partial charge in [-0.15, -0.1) is 0 Å². The molecule has 3 aliphatic rings. The summed E-state index contributed by atoms with van der Waals surface area (Å²) < 4.78 is 9.32. The standard InChI is InChI=1S/C80H54N6/c1-50-26-25-38-57-52(3)74-62-36-16-23-43-70(62)86(73(74)47-46-56(50)57)77-65(49-82)64(48-81)76(78(83-66-39-19-12-32-58(66)59-33-13-20-40-67(59)83)79(77)84-68-41-21-14-34-60(68)61-35-15-22-42-69(61)84)85-71-44-24-17-37-63(71)75-53(4)80(54-28-7-5-8-29-54,55-30-9-6-10-31-55)51(2)27-11-18-45-72(75)85/h5-37,39-47,52H,1-2,4,38H2,3H3/b27-11-,45-18?/t52-/m1/s1. The molecule has 0 bridgehead atoms. The van der Waals surface area contributed by atoms with E-state index in [2.05, 4.69) is 287 Å². The van der Waals surface area contributed by atoms with Gasteiger partial charge in [-0.25, -0.2) is 0 Å². The van der Waals surface area contributed by atoms with E-state index in [1.807, 2.05) is 12.1 Å². The monoisotopic (exact) mass is 1100 g/mol. The fourth-order valence-electron chi connectivity index (χ4n) is 15.0. The molecule has 0 unspecified atom stereocenters. The van der Waals surface area contributed by atoms with Crippen molar-refractivity contribution in [3.8, 4) is 34.9 Å². The van der Waals surface area contributed by atoms with Crippen LogP contribution in [0.2, 0.25) is 0 Å². The molecule has 86 heavy (non-hydrogen) atoms. The average molecular weight is 1100 g/mol. The molecule has 0 radical (unpaired) electrons. The second-order valence-electron chi connectivity index (χ2n) is 22.7. The number of para-hydroxylation sites is 6. The minimum absolute atomic E-state index is 0.0321. The third-order valence-electron chi connectivity index (χ3n) is 18.6. The van der Waals surface area contributed by atoms with E-state index in [0.717, 1.165) is 133 Å². The smallest absolute Gasteiger partial charge is 0.103 e. The maximum Gasteiger partial charge on any atom is 0.103 e. The van der Waals surface area contributed by atoms with Gasteiger partial charge in [-0.05, 0) is 94.0 Å². The number of hydrogen-bond donors (Lipinski definition) is 0. The number of allylic oxidation sites excluding steroid dienone is 11. The van der Waals surface area contributed by atoms with Gasteiger partial charge in [-0.1, -0.05) is 239 Å². The SMILES string of the molecule is C=C1C=CCC2=C1C=Cc1c(c3ccccc3n1-c1c(C#N)c(C#N)c(-n3c4c(c5ccccc53)C(=C)C(c3ccccc3)(c3ccccc3)C(=C)/C=C\C=C4)c(-n3c4ccccc4c4ccccc43)c1-n1c3ccccc3c3ccccc31)[C@@H]2C. The third kappa shape index (κ3) is 6.87. The van der Waals surface area contributed by atoms with Gasteiger partial charge in [0.05, 0.1) is 83.8 Å². The van der Waals surface area contributed by atoms with Crippen LogP contribution in [0, 0.1) is 22.7 Å². The van der Waals surface area contributed by atoms with Crippen LogP contribution in [0.4, 0.5) is 0 Å². The van der Waals surface area contributed by atoms with Crippen LogP contribution in [-0.4, -0.2) is 18.3 Å². The lowest BCUT2D eigenvalue weighted by Crippen LogP contribution is -2.31. The van der Waals surface area contributed by atoms with Gasteiger partial charge in [0.25, 0.3) is 0 Å². The Morgan fingerprint density at radius 3 is 1.31 bits per heavy atom. The summed E-state index contributed by atoms with van der Waals surface area (Å²) in [5.74, 6) is -0.0321. The molecule has 4 heterocycles. The van der Waals surface area contributed by atoms with E-state index in [1.54, 1.807) is 0 Å². The molecule has 0 fully saturated rings. The van der Waals surface area contributed by atoms with Gasteiger partial charge < -0.3 is 18.3 Å². The van der Waals surface area contributed by atoms with E-state index >= 15 is 0 Å². The van der Waals surface area contributed by atoms with E-state index < -0.39 is 5.41 Å². The molecular weight excluding hydrogens is 1040 g/mol. The molecule has 0 amide bonds. The van der Waals surface area contributed by atoms with Crippen molar-refractivity contribution in [2.24, 2.45) is 0 Å². The van der Waals surface area contributed by atoms with E-state index in [0.29, 0.717) is 17.1 Å². The first-order valence-corrected chi connectivity index (χ1v) is 29.3. The quantitative estimate of drug-likeness (QED) is 0.166. The minimum Gasteiger partial charge on any atom is -0.306 e. The highest BCUT2D eigenvalue weighted by Gasteiger charge is 2.43. The summed E-state index contributed by atoms with van der Waals surface area (Å²) in [4.78, 5) is 0. The predicted octanol–water partition coefficient (Wildman–Crippen LogP) is 19.6. The number of hydrogen-bond acceptors (Lipinski definition) is 2. The van der Waals surface area contributed by atoms with Crippen LogP contribution in [0.3, 0.4) is 0 Å². The first-order chi connectivity index (χ1) is 42.3. The van der Waals surface area contributed by atoms with Crippen molar-refractivity contribution >= 4 is 83.1 Å². The first-order valence-electron chi connectivity index (χ1n) is 29.3. The van der Waals surface area contributed by atoms with Gasteiger partial charge in [-0.2, -0.15) is 10.5 Å². The summed E-state index contributed by atoms with van der Waals surface area (Å²) in [7, 11) is 0. The number of benzene rings is 9. The van der Waals surface area contributed by atoms with Gasteiger partial charge in [-0.3, -0.25) is 0 Å². The molecule has 9 aromatic carbocycles. The topological polar surface area (TPSA) is 67.3 Å². The fraction of sp³-hybridized carbons (Fsp3) is 0.0500. The van der Waals surface area contributed by atoms with Gasteiger partial charge in [0.15, 0.2) is 0 Å². The van der Waals surface area contributed by atoms with Crippen LogP contribution in [0.15, 0.2) is 285 Å². The molecule has 16 rings (SSSR count). The second kappa shape index (κ2) is 19.3. The molecule has 6 nitrogen and oxygen atoms in total. The molecular formula is C80H54N6. The third-order valence-corrected chi connectivity index (χ3v) is 18.6. The number of rotatable bonds is 6. The largest absolute Gasteiger partial charge is 0.306 e. The molecule has 4 aromatic heterocycles. The Bertz CT molecular complexity index is 5260. The van der Waals surface area contributed by atoms with Crippen LogP contribution in [-0.2, 0) is 5.41 Å². The number of aromatic nitrogens is 4. The zero-order chi connectivity index (χ0) is 57.9. The normalized spacial score (nSPS) is 15.8. The predicted molar refractivity (Wildman–Crippen MR) is 356 cm³/mol. The summed E-state index contributed by atoms with van der Waals surface area (Å²) >= 11 is 0. The molecule has 0 saturated carbocycles. The Labute approximate surface area is 498 Å². The first kappa shape index (κ1) is 50.3. The highest BCUT2D eigenvalue weighted by Crippen LogP contribution is 2.55. The zero-order valence-electron chi connectivity index (χ0n) is 47.3. The number of fused-ring (bicyclic) bond motifs is 12. The summed E-state index contributed by atoms with van der Waals surface area (Å²) in [5, 5.41) is 31.6. The van der Waals surface area contributed by atoms with Crippen LogP contribution in [0.1, 0.15) is 64.0 Å². The summed E-state index contributed by atoms with van der Waals surface area (Å²) in [6, 6.07) is 78.1. The van der Waals surface area contributed by atoms with Crippen molar-refractivity contribution in [2.45, 2.75) is 24.7 Å². The second-order valence-corrected chi connectivity index (χ2v) is 22.7. The molecule has 0 spiro atoms. The highest BCUT2D eigenvalue weighted by atomic mass is 15.1. The Morgan fingerprint density at radius 1 is 0.419 bits per heavy atom. The Morgan fingerprint density at radius 2 is 0.826 bits per heavy atom. The molecule has 13 aromatic rings. The molecule has 6 heteroatoms. The van der Waals surface area contributed by atoms with Crippen molar-refractivity contribution in [3.05, 3.63) is 330 Å². The molecule has 0 aliphatic heterocycles. The molecule has 1 atom stereocenters. The van der Waals surface area contributed by atoms with E-state index in [-0.39, 0.29) is 17.0 Å². The van der Waals surface area contributed by atoms with Crippen LogP contribution in [0.25, 0.3) is 106 Å². The summed E-state index contributed by atoms with van der Waals surface area (Å²) in [6.07, 6.45) is 18.0. The Balaban J connectivity index is 1.18. The van der Waals surface area contributed by atoms with Crippen molar-refractivity contribution in [1.29, 1.82) is 10.5 Å². The number of nitrogens with zero attached hydrogens (tertiary/aromatic N) is 6. The average Bonchev–Trinajstić information content (AvgIpc) is 1.53. The lowest BCUT2D eigenvalue weighted by atomic mass is 9.63. The number of nitriles is 2. The van der Waals surface area contributed by atoms with Gasteiger partial charge >= 0.3 is 0 Å². The van der Waals surface area contributed by atoms with Gasteiger partial charge in [0.1, 0.15) is 12.1 Å². The fourth-order valence-corrected chi connectivity index (χ4v) is 15.0. The molecule has 404 valence electrons. The Kier molecular flexibility index (Phi) is 11.3. The van der Waals surface area contributed by atoms with Gasteiger partial charge in [0, 0.05) is 43.8 Å². The maximum absolute atomic E-state index is 12.7. The molecule has 0 saturated heterocycles. The molecule has 0 N–H and O–H groups in total. The summed E-state index contributed by atoms with van der Waals surface area (Å²) in [5.41, 5.74) is 18.4. The highest BCUT2D eigenvalue weighted by molar-refractivity contribution is 6.14. The molecule has 3 aliphatic carbocycles. The maximum atomic E-state index is 12.7. The van der Waals surface area contributed by atoms with Crippen LogP contribution in [0.5, 0.6) is 0 Å². The van der Waals surface area contributed by atoms with Crippen molar-refractivity contribution in [3.63, 3.8) is 0 Å². The lowest BCUT2D eigenvalue weighted by Gasteiger charge is -2.38. The van der Waals surface area contributed by atoms with E-state index in [4.69, 9.17) is 13.2 Å². The van der Waals surface area contributed by atoms with Crippen LogP contribution < -0.4 is 0 Å².